The van der Waals surface area contributed by atoms with Gasteiger partial charge in [-0.15, -0.1) is 0 Å². The van der Waals surface area contributed by atoms with Crippen LogP contribution in [0.3, 0.4) is 0 Å². The Hall–Kier alpha value is -0.0800. The monoisotopic (exact) mass is 128 g/mol. The highest BCUT2D eigenvalue weighted by atomic mass is 15.2. The van der Waals surface area contributed by atoms with E-state index in [2.05, 4.69) is 19.0 Å². The second-order valence-electron chi connectivity index (χ2n) is 3.16. The molecule has 1 saturated carbocycles. The second-order valence-corrected chi connectivity index (χ2v) is 3.16. The maximum Gasteiger partial charge on any atom is 0.0216 e. The summed E-state index contributed by atoms with van der Waals surface area (Å²) in [6, 6.07) is 0. The number of nitrogens with two attached hydrogens (primary N) is 1. The third-order valence-corrected chi connectivity index (χ3v) is 2.39. The van der Waals surface area contributed by atoms with Crippen molar-refractivity contribution in [2.45, 2.75) is 24.8 Å². The van der Waals surface area contributed by atoms with Crippen molar-refractivity contribution in [3.63, 3.8) is 0 Å². The Kier molecular flexibility index (Phi) is 1.78. The molecule has 0 aromatic heterocycles. The van der Waals surface area contributed by atoms with Gasteiger partial charge >= 0.3 is 0 Å². The Bertz CT molecular complexity index is 95.1. The summed E-state index contributed by atoms with van der Waals surface area (Å²) >= 11 is 0. The highest BCUT2D eigenvalue weighted by Crippen LogP contribution is 2.42. The first-order valence-electron chi connectivity index (χ1n) is 3.59. The minimum atomic E-state index is 0.509. The molecule has 2 N–H and O–H groups in total. The highest BCUT2D eigenvalue weighted by molar-refractivity contribution is 5.01. The maximum absolute atomic E-state index is 5.47. The van der Waals surface area contributed by atoms with Crippen molar-refractivity contribution < 1.29 is 0 Å². The van der Waals surface area contributed by atoms with Crippen molar-refractivity contribution in [3.8, 4) is 0 Å². The van der Waals surface area contributed by atoms with Crippen LogP contribution in [-0.2, 0) is 0 Å². The molecule has 0 bridgehead atoms. The summed E-state index contributed by atoms with van der Waals surface area (Å²) < 4.78 is 0. The molecule has 0 heterocycles. The Morgan fingerprint density at radius 3 is 2.11 bits per heavy atom. The van der Waals surface area contributed by atoms with Crippen molar-refractivity contribution in [1.29, 1.82) is 0 Å². The molecule has 54 valence electrons. The van der Waals surface area contributed by atoms with Crippen LogP contribution in [0, 0.1) is 0 Å². The fourth-order valence-corrected chi connectivity index (χ4v) is 1.33. The van der Waals surface area contributed by atoms with Crippen LogP contribution in [0.5, 0.6) is 0 Å². The topological polar surface area (TPSA) is 29.3 Å². The third kappa shape index (κ3) is 1.25. The maximum atomic E-state index is 5.47. The summed E-state index contributed by atoms with van der Waals surface area (Å²) in [5.74, 6) is 0. The minimum Gasteiger partial charge on any atom is -0.330 e. The average molecular weight is 128 g/mol. The van der Waals surface area contributed by atoms with Gasteiger partial charge in [-0.3, -0.25) is 0 Å². The molecule has 0 amide bonds. The van der Waals surface area contributed by atoms with Gasteiger partial charge in [0.25, 0.3) is 0 Å². The number of hydrogen-bond donors (Lipinski definition) is 1. The van der Waals surface area contributed by atoms with E-state index in [4.69, 9.17) is 5.73 Å². The molecule has 0 spiro atoms. The van der Waals surface area contributed by atoms with Gasteiger partial charge in [0.05, 0.1) is 0 Å². The molecule has 9 heavy (non-hydrogen) atoms. The molecular formula is C7H16N2. The zero-order valence-electron chi connectivity index (χ0n) is 6.35. The van der Waals surface area contributed by atoms with E-state index in [9.17, 15) is 0 Å². The Labute approximate surface area is 57.0 Å². The first-order valence-corrected chi connectivity index (χ1v) is 3.59. The third-order valence-electron chi connectivity index (χ3n) is 2.39. The van der Waals surface area contributed by atoms with Gasteiger partial charge in [-0.1, -0.05) is 0 Å². The number of rotatable bonds is 3. The molecule has 0 aliphatic heterocycles. The van der Waals surface area contributed by atoms with Gasteiger partial charge in [0.1, 0.15) is 0 Å². The van der Waals surface area contributed by atoms with E-state index in [1.807, 2.05) is 0 Å². The fraction of sp³-hybridized carbons (Fsp3) is 1.00. The normalized spacial score (nSPS) is 22.7. The molecule has 1 aliphatic carbocycles. The van der Waals surface area contributed by atoms with Crippen LogP contribution in [0.2, 0.25) is 0 Å². The van der Waals surface area contributed by atoms with Crippen LogP contribution in [0.15, 0.2) is 0 Å². The van der Waals surface area contributed by atoms with Crippen molar-refractivity contribution in [1.82, 2.24) is 4.90 Å². The zero-order valence-corrected chi connectivity index (χ0v) is 6.35. The summed E-state index contributed by atoms with van der Waals surface area (Å²) in [5, 5.41) is 0. The van der Waals surface area contributed by atoms with E-state index in [0.29, 0.717) is 5.54 Å². The molecule has 0 aromatic rings. The van der Waals surface area contributed by atoms with Crippen molar-refractivity contribution in [3.05, 3.63) is 0 Å². The zero-order chi connectivity index (χ0) is 6.91. The molecule has 0 radical (unpaired) electrons. The summed E-state index contributed by atoms with van der Waals surface area (Å²) in [5.41, 5.74) is 5.97. The lowest BCUT2D eigenvalue weighted by molar-refractivity contribution is 0.259. The molecule has 1 aliphatic rings. The van der Waals surface area contributed by atoms with Crippen molar-refractivity contribution in [2.75, 3.05) is 20.6 Å². The Balaban J connectivity index is 2.33. The standard InChI is InChI=1S/C7H16N2/c1-9(2)7(3-4-7)5-6-8/h3-6,8H2,1-2H3. The first-order chi connectivity index (χ1) is 4.21. The predicted molar refractivity (Wildman–Crippen MR) is 39.3 cm³/mol. The van der Waals surface area contributed by atoms with Gasteiger partial charge in [0.15, 0.2) is 0 Å². The van der Waals surface area contributed by atoms with Gasteiger partial charge in [0.2, 0.25) is 0 Å². The van der Waals surface area contributed by atoms with E-state index in [1.54, 1.807) is 0 Å². The van der Waals surface area contributed by atoms with Gasteiger partial charge in [-0.25, -0.2) is 0 Å². The van der Waals surface area contributed by atoms with E-state index in [-0.39, 0.29) is 0 Å². The van der Waals surface area contributed by atoms with Gasteiger partial charge in [0, 0.05) is 5.54 Å². The molecule has 2 heteroatoms. The number of hydrogen-bond acceptors (Lipinski definition) is 2. The Morgan fingerprint density at radius 2 is 2.00 bits per heavy atom. The lowest BCUT2D eigenvalue weighted by Crippen LogP contribution is -2.32. The van der Waals surface area contributed by atoms with Gasteiger partial charge in [-0.05, 0) is 39.9 Å². The summed E-state index contributed by atoms with van der Waals surface area (Å²) in [6.45, 7) is 0.832. The molecular weight excluding hydrogens is 112 g/mol. The second kappa shape index (κ2) is 2.27. The predicted octanol–water partition coefficient (Wildman–Crippen LogP) is 0.429. The van der Waals surface area contributed by atoms with Crippen molar-refractivity contribution >= 4 is 0 Å². The van der Waals surface area contributed by atoms with E-state index in [1.165, 1.54) is 19.3 Å². The lowest BCUT2D eigenvalue weighted by atomic mass is 10.1. The van der Waals surface area contributed by atoms with E-state index in [0.717, 1.165) is 6.54 Å². The summed E-state index contributed by atoms with van der Waals surface area (Å²) in [6.07, 6.45) is 3.86. The van der Waals surface area contributed by atoms with Crippen LogP contribution in [-0.4, -0.2) is 31.1 Å². The lowest BCUT2D eigenvalue weighted by Gasteiger charge is -2.22. The molecule has 2 nitrogen and oxygen atoms in total. The SMILES string of the molecule is CN(C)C1(CCN)CC1. The molecule has 0 saturated heterocycles. The van der Waals surface area contributed by atoms with Crippen LogP contribution < -0.4 is 5.73 Å². The average Bonchev–Trinajstić information content (AvgIpc) is 2.49. The van der Waals surface area contributed by atoms with E-state index >= 15 is 0 Å². The Morgan fingerprint density at radius 1 is 1.44 bits per heavy atom. The van der Waals surface area contributed by atoms with Gasteiger partial charge in [-0.2, -0.15) is 0 Å². The van der Waals surface area contributed by atoms with Crippen LogP contribution in [0.1, 0.15) is 19.3 Å². The quantitative estimate of drug-likeness (QED) is 0.597. The molecule has 0 atom stereocenters. The molecule has 0 unspecified atom stereocenters. The summed E-state index contributed by atoms with van der Waals surface area (Å²) in [4.78, 5) is 2.31. The largest absolute Gasteiger partial charge is 0.330 e. The van der Waals surface area contributed by atoms with Gasteiger partial charge < -0.3 is 10.6 Å². The van der Waals surface area contributed by atoms with Crippen LogP contribution in [0.25, 0.3) is 0 Å². The number of nitrogens with zero attached hydrogens (tertiary/aromatic N) is 1. The first kappa shape index (κ1) is 7.03. The minimum absolute atomic E-state index is 0.509. The van der Waals surface area contributed by atoms with Crippen LogP contribution >= 0.6 is 0 Å². The van der Waals surface area contributed by atoms with Crippen LogP contribution in [0.4, 0.5) is 0 Å². The smallest absolute Gasteiger partial charge is 0.0216 e. The van der Waals surface area contributed by atoms with Crippen molar-refractivity contribution in [2.24, 2.45) is 5.73 Å². The summed E-state index contributed by atoms with van der Waals surface area (Å²) in [7, 11) is 4.28. The highest BCUT2D eigenvalue weighted by Gasteiger charge is 2.43. The van der Waals surface area contributed by atoms with E-state index < -0.39 is 0 Å². The fourth-order valence-electron chi connectivity index (χ4n) is 1.33. The molecule has 0 aromatic carbocycles. The molecule has 1 fully saturated rings. The molecule has 1 rings (SSSR count).